The molecule has 15 heavy (non-hydrogen) atoms. The van der Waals surface area contributed by atoms with Gasteiger partial charge in [-0.2, -0.15) is 0 Å². The molecule has 0 aliphatic carbocycles. The molecule has 82 valence electrons. The van der Waals surface area contributed by atoms with Crippen LogP contribution in [0.4, 0.5) is 4.39 Å². The molecule has 0 spiro atoms. The summed E-state index contributed by atoms with van der Waals surface area (Å²) in [5.74, 6) is 0.777. The topological polar surface area (TPSA) is 35.2 Å². The largest absolute Gasteiger partial charge is 0.493 e. The molecule has 1 aromatic carbocycles. The number of hydrogen-bond donors (Lipinski definition) is 1. The molecule has 2 unspecified atom stereocenters. The molecule has 0 saturated carbocycles. The van der Waals surface area contributed by atoms with Crippen molar-refractivity contribution < 1.29 is 9.13 Å². The van der Waals surface area contributed by atoms with Gasteiger partial charge in [0.25, 0.3) is 0 Å². The quantitative estimate of drug-likeness (QED) is 0.771. The molecule has 0 amide bonds. The third kappa shape index (κ3) is 2.12. The van der Waals surface area contributed by atoms with E-state index >= 15 is 0 Å². The normalized spacial score (nSPS) is 22.5. The first kappa shape index (κ1) is 10.4. The monoisotopic (exact) mass is 209 g/mol. The minimum Gasteiger partial charge on any atom is -0.493 e. The van der Waals surface area contributed by atoms with Gasteiger partial charge in [0.05, 0.1) is 6.61 Å². The average molecular weight is 209 g/mol. The molecule has 2 atom stereocenters. The minimum absolute atomic E-state index is 0.0345. The lowest BCUT2D eigenvalue weighted by molar-refractivity contribution is 0.315. The Balaban J connectivity index is 2.42. The lowest BCUT2D eigenvalue weighted by Gasteiger charge is -2.20. The number of nitrogens with two attached hydrogens (primary N) is 1. The van der Waals surface area contributed by atoms with Gasteiger partial charge in [-0.15, -0.1) is 0 Å². The fraction of sp³-hybridized carbons (Fsp3) is 0.500. The number of halogens is 1. The fourth-order valence-electron chi connectivity index (χ4n) is 2.13. The van der Waals surface area contributed by atoms with Crippen molar-refractivity contribution >= 4 is 0 Å². The van der Waals surface area contributed by atoms with Gasteiger partial charge in [-0.1, -0.05) is 0 Å². The van der Waals surface area contributed by atoms with Gasteiger partial charge in [0.1, 0.15) is 11.6 Å². The van der Waals surface area contributed by atoms with E-state index in [0.717, 1.165) is 24.2 Å². The summed E-state index contributed by atoms with van der Waals surface area (Å²) in [6.07, 6.45) is 1.94. The Hall–Kier alpha value is -1.09. The molecule has 1 heterocycles. The summed E-state index contributed by atoms with van der Waals surface area (Å²) in [5.41, 5.74) is 6.84. The van der Waals surface area contributed by atoms with Gasteiger partial charge in [0.2, 0.25) is 0 Å². The molecule has 1 aliphatic rings. The Morgan fingerprint density at radius 2 is 2.33 bits per heavy atom. The Morgan fingerprint density at radius 1 is 1.53 bits per heavy atom. The van der Waals surface area contributed by atoms with Crippen molar-refractivity contribution in [2.75, 3.05) is 6.61 Å². The molecule has 1 aromatic rings. The number of benzene rings is 1. The SMILES string of the molecule is CC(N)C1CCCOc2ccc(F)cc21. The van der Waals surface area contributed by atoms with Crippen LogP contribution in [0.3, 0.4) is 0 Å². The maximum Gasteiger partial charge on any atom is 0.123 e. The lowest BCUT2D eigenvalue weighted by atomic mass is 9.89. The van der Waals surface area contributed by atoms with E-state index in [1.807, 2.05) is 6.92 Å². The van der Waals surface area contributed by atoms with Gasteiger partial charge in [-0.3, -0.25) is 0 Å². The van der Waals surface area contributed by atoms with E-state index in [9.17, 15) is 4.39 Å². The van der Waals surface area contributed by atoms with Crippen LogP contribution >= 0.6 is 0 Å². The van der Waals surface area contributed by atoms with Gasteiger partial charge in [0.15, 0.2) is 0 Å². The smallest absolute Gasteiger partial charge is 0.123 e. The number of fused-ring (bicyclic) bond motifs is 1. The van der Waals surface area contributed by atoms with Crippen LogP contribution in [0.5, 0.6) is 5.75 Å². The molecule has 2 N–H and O–H groups in total. The zero-order chi connectivity index (χ0) is 10.8. The number of hydrogen-bond acceptors (Lipinski definition) is 2. The Morgan fingerprint density at radius 3 is 3.07 bits per heavy atom. The van der Waals surface area contributed by atoms with Gasteiger partial charge < -0.3 is 10.5 Å². The predicted molar refractivity (Wildman–Crippen MR) is 57.5 cm³/mol. The number of ether oxygens (including phenoxy) is 1. The van der Waals surface area contributed by atoms with Gasteiger partial charge in [-0.25, -0.2) is 4.39 Å². The van der Waals surface area contributed by atoms with Crippen LogP contribution in [0, 0.1) is 5.82 Å². The van der Waals surface area contributed by atoms with Crippen LogP contribution in [0.1, 0.15) is 31.2 Å². The van der Waals surface area contributed by atoms with E-state index in [1.165, 1.54) is 6.07 Å². The second kappa shape index (κ2) is 4.19. The summed E-state index contributed by atoms with van der Waals surface area (Å²) < 4.78 is 18.7. The van der Waals surface area contributed by atoms with E-state index in [4.69, 9.17) is 10.5 Å². The third-order valence-corrected chi connectivity index (χ3v) is 2.92. The van der Waals surface area contributed by atoms with Crippen LogP contribution in [0.15, 0.2) is 18.2 Å². The van der Waals surface area contributed by atoms with Crippen LogP contribution < -0.4 is 10.5 Å². The van der Waals surface area contributed by atoms with Crippen LogP contribution in [0.25, 0.3) is 0 Å². The van der Waals surface area contributed by atoms with Crippen molar-refractivity contribution in [3.05, 3.63) is 29.6 Å². The summed E-state index contributed by atoms with van der Waals surface area (Å²) in [6.45, 7) is 2.66. The highest BCUT2D eigenvalue weighted by atomic mass is 19.1. The van der Waals surface area contributed by atoms with E-state index < -0.39 is 0 Å². The maximum atomic E-state index is 13.2. The summed E-state index contributed by atoms with van der Waals surface area (Å²) in [5, 5.41) is 0. The summed E-state index contributed by atoms with van der Waals surface area (Å²) in [4.78, 5) is 0. The Labute approximate surface area is 89.2 Å². The van der Waals surface area contributed by atoms with Crippen molar-refractivity contribution in [1.29, 1.82) is 0 Å². The highest BCUT2D eigenvalue weighted by Gasteiger charge is 2.23. The average Bonchev–Trinajstić information content (AvgIpc) is 2.39. The fourth-order valence-corrected chi connectivity index (χ4v) is 2.13. The molecular weight excluding hydrogens is 193 g/mol. The van der Waals surface area contributed by atoms with Crippen LogP contribution in [0.2, 0.25) is 0 Å². The minimum atomic E-state index is -0.218. The second-order valence-corrected chi connectivity index (χ2v) is 4.14. The van der Waals surface area contributed by atoms with Gasteiger partial charge >= 0.3 is 0 Å². The van der Waals surface area contributed by atoms with Crippen molar-refractivity contribution in [2.24, 2.45) is 5.73 Å². The van der Waals surface area contributed by atoms with E-state index in [1.54, 1.807) is 12.1 Å². The van der Waals surface area contributed by atoms with Crippen molar-refractivity contribution in [3.8, 4) is 5.75 Å². The van der Waals surface area contributed by atoms with E-state index in [2.05, 4.69) is 0 Å². The Kier molecular flexibility index (Phi) is 2.91. The predicted octanol–water partition coefficient (Wildman–Crippen LogP) is 2.43. The summed E-state index contributed by atoms with van der Waals surface area (Å²) >= 11 is 0. The first-order chi connectivity index (χ1) is 7.18. The number of rotatable bonds is 1. The van der Waals surface area contributed by atoms with E-state index in [0.29, 0.717) is 6.61 Å². The Bertz CT molecular complexity index is 351. The van der Waals surface area contributed by atoms with Crippen LogP contribution in [-0.4, -0.2) is 12.6 Å². The first-order valence-electron chi connectivity index (χ1n) is 5.36. The van der Waals surface area contributed by atoms with Crippen molar-refractivity contribution in [3.63, 3.8) is 0 Å². The third-order valence-electron chi connectivity index (χ3n) is 2.92. The molecule has 0 aromatic heterocycles. The first-order valence-corrected chi connectivity index (χ1v) is 5.36. The molecule has 0 radical (unpaired) electrons. The maximum absolute atomic E-state index is 13.2. The standard InChI is InChI=1S/C12H16FNO/c1-8(14)10-3-2-6-15-12-5-4-9(13)7-11(10)12/h4-5,7-8,10H,2-3,6,14H2,1H3. The molecule has 0 fully saturated rings. The van der Waals surface area contributed by atoms with Crippen molar-refractivity contribution in [2.45, 2.75) is 31.7 Å². The zero-order valence-electron chi connectivity index (χ0n) is 8.87. The summed E-state index contributed by atoms with van der Waals surface area (Å²) in [6, 6.07) is 4.72. The molecule has 1 aliphatic heterocycles. The van der Waals surface area contributed by atoms with Crippen LogP contribution in [-0.2, 0) is 0 Å². The molecule has 2 rings (SSSR count). The molecule has 0 saturated heterocycles. The van der Waals surface area contributed by atoms with E-state index in [-0.39, 0.29) is 17.8 Å². The highest BCUT2D eigenvalue weighted by Crippen LogP contribution is 2.34. The molecular formula is C12H16FNO. The summed E-state index contributed by atoms with van der Waals surface area (Å²) in [7, 11) is 0. The second-order valence-electron chi connectivity index (χ2n) is 4.14. The zero-order valence-corrected chi connectivity index (χ0v) is 8.87. The molecule has 0 bridgehead atoms. The molecule has 2 nitrogen and oxygen atoms in total. The lowest BCUT2D eigenvalue weighted by Crippen LogP contribution is -2.24. The van der Waals surface area contributed by atoms with Crippen molar-refractivity contribution in [1.82, 2.24) is 0 Å². The highest BCUT2D eigenvalue weighted by molar-refractivity contribution is 5.38. The molecule has 3 heteroatoms. The van der Waals surface area contributed by atoms with Gasteiger partial charge in [-0.05, 0) is 38.0 Å². The van der Waals surface area contributed by atoms with Gasteiger partial charge in [0, 0.05) is 17.5 Å².